The highest BCUT2D eigenvalue weighted by molar-refractivity contribution is 8.13. The van der Waals surface area contributed by atoms with Gasteiger partial charge in [0.25, 0.3) is 0 Å². The highest BCUT2D eigenvalue weighted by Gasteiger charge is 2.18. The van der Waals surface area contributed by atoms with Crippen molar-refractivity contribution in [2.75, 3.05) is 24.2 Å². The van der Waals surface area contributed by atoms with E-state index in [-0.39, 0.29) is 0 Å². The van der Waals surface area contributed by atoms with E-state index in [1.807, 2.05) is 24.5 Å². The van der Waals surface area contributed by atoms with Crippen molar-refractivity contribution in [1.29, 1.82) is 0 Å². The minimum Gasteiger partial charge on any atom is -0.319 e. The van der Waals surface area contributed by atoms with Gasteiger partial charge in [-0.1, -0.05) is 35.0 Å². The topological polar surface area (TPSA) is 15.6 Å². The van der Waals surface area contributed by atoms with E-state index in [1.165, 1.54) is 0 Å². The highest BCUT2D eigenvalue weighted by Crippen LogP contribution is 2.29. The zero-order chi connectivity index (χ0) is 10.8. The lowest BCUT2D eigenvalue weighted by molar-refractivity contribution is 1.02. The van der Waals surface area contributed by atoms with Gasteiger partial charge in [-0.2, -0.15) is 0 Å². The monoisotopic (exact) mass is 260 g/mol. The normalized spacial score (nSPS) is 15.7. The molecule has 0 amide bonds. The molecule has 0 fully saturated rings. The average Bonchev–Trinajstić information content (AvgIpc) is 2.70. The second-order valence-electron chi connectivity index (χ2n) is 3.12. The van der Waals surface area contributed by atoms with E-state index >= 15 is 0 Å². The Morgan fingerprint density at radius 2 is 2.13 bits per heavy atom. The number of thioether (sulfide) groups is 1. The van der Waals surface area contributed by atoms with Crippen molar-refractivity contribution in [3.63, 3.8) is 0 Å². The molecule has 5 heteroatoms. The quantitative estimate of drug-likeness (QED) is 0.768. The third kappa shape index (κ3) is 2.25. The van der Waals surface area contributed by atoms with Crippen molar-refractivity contribution in [3.8, 4) is 0 Å². The van der Waals surface area contributed by atoms with Gasteiger partial charge >= 0.3 is 0 Å². The molecule has 15 heavy (non-hydrogen) atoms. The van der Waals surface area contributed by atoms with Crippen LogP contribution in [0.1, 0.15) is 0 Å². The van der Waals surface area contributed by atoms with Crippen molar-refractivity contribution >= 4 is 45.8 Å². The van der Waals surface area contributed by atoms with E-state index in [1.54, 1.807) is 11.8 Å². The van der Waals surface area contributed by atoms with Crippen LogP contribution in [0.4, 0.5) is 5.69 Å². The number of aliphatic imine (C=N–C) groups is 1. The Hall–Kier alpha value is -0.380. The van der Waals surface area contributed by atoms with Gasteiger partial charge in [-0.3, -0.25) is 4.99 Å². The highest BCUT2D eigenvalue weighted by atomic mass is 35.5. The van der Waals surface area contributed by atoms with Crippen molar-refractivity contribution in [2.45, 2.75) is 0 Å². The van der Waals surface area contributed by atoms with E-state index in [0.717, 1.165) is 23.9 Å². The van der Waals surface area contributed by atoms with Crippen LogP contribution in [0.5, 0.6) is 0 Å². The molecule has 0 radical (unpaired) electrons. The molecule has 1 aliphatic heterocycles. The summed E-state index contributed by atoms with van der Waals surface area (Å²) in [6.45, 7) is 1.75. The SMILES string of the molecule is CSC1=NCCN1c1ccc(Cl)c(Cl)c1. The van der Waals surface area contributed by atoms with Crippen LogP contribution in [0.15, 0.2) is 23.2 Å². The molecule has 80 valence electrons. The first-order valence-electron chi connectivity index (χ1n) is 4.53. The molecular formula is C10H10Cl2N2S. The molecule has 0 saturated heterocycles. The van der Waals surface area contributed by atoms with Crippen LogP contribution in [-0.2, 0) is 0 Å². The summed E-state index contributed by atoms with van der Waals surface area (Å²) >= 11 is 13.5. The number of hydrogen-bond acceptors (Lipinski definition) is 3. The second kappa shape index (κ2) is 4.64. The summed E-state index contributed by atoms with van der Waals surface area (Å²) in [7, 11) is 0. The van der Waals surface area contributed by atoms with Crippen molar-refractivity contribution in [2.24, 2.45) is 4.99 Å². The van der Waals surface area contributed by atoms with Crippen molar-refractivity contribution < 1.29 is 0 Å². The maximum absolute atomic E-state index is 5.98. The second-order valence-corrected chi connectivity index (χ2v) is 4.71. The molecule has 0 saturated carbocycles. The molecule has 1 aromatic rings. The molecule has 1 aliphatic rings. The maximum Gasteiger partial charge on any atom is 0.163 e. The predicted octanol–water partition coefficient (Wildman–Crippen LogP) is 3.53. The van der Waals surface area contributed by atoms with Crippen LogP contribution in [0, 0.1) is 0 Å². The zero-order valence-electron chi connectivity index (χ0n) is 8.20. The van der Waals surface area contributed by atoms with Crippen LogP contribution >= 0.6 is 35.0 Å². The average molecular weight is 261 g/mol. The molecule has 1 heterocycles. The Bertz CT molecular complexity index is 406. The summed E-state index contributed by atoms with van der Waals surface area (Å²) in [5, 5.41) is 2.21. The molecule has 0 aliphatic carbocycles. The molecule has 0 atom stereocenters. The first kappa shape index (κ1) is 11.1. The standard InChI is InChI=1S/C10H10Cl2N2S/c1-15-10-13-4-5-14(10)7-2-3-8(11)9(12)6-7/h2-3,6H,4-5H2,1H3. The number of nitrogens with zero attached hydrogens (tertiary/aromatic N) is 2. The van der Waals surface area contributed by atoms with Crippen LogP contribution in [0.25, 0.3) is 0 Å². The molecule has 0 bridgehead atoms. The van der Waals surface area contributed by atoms with E-state index in [0.29, 0.717) is 10.0 Å². The molecule has 0 unspecified atom stereocenters. The van der Waals surface area contributed by atoms with E-state index in [9.17, 15) is 0 Å². The number of anilines is 1. The maximum atomic E-state index is 5.98. The molecule has 0 spiro atoms. The fourth-order valence-corrected chi connectivity index (χ4v) is 2.42. The Kier molecular flexibility index (Phi) is 3.44. The zero-order valence-corrected chi connectivity index (χ0v) is 10.5. The fraction of sp³-hybridized carbons (Fsp3) is 0.300. The Morgan fingerprint density at radius 1 is 1.33 bits per heavy atom. The largest absolute Gasteiger partial charge is 0.319 e. The molecule has 1 aromatic carbocycles. The van der Waals surface area contributed by atoms with Gasteiger partial charge in [-0.15, -0.1) is 0 Å². The number of benzene rings is 1. The first-order chi connectivity index (χ1) is 7.22. The fourth-order valence-electron chi connectivity index (χ4n) is 1.49. The Morgan fingerprint density at radius 3 is 2.80 bits per heavy atom. The summed E-state index contributed by atoms with van der Waals surface area (Å²) in [6, 6.07) is 5.65. The van der Waals surface area contributed by atoms with Gasteiger partial charge in [0.15, 0.2) is 5.17 Å². The van der Waals surface area contributed by atoms with Crippen LogP contribution in [-0.4, -0.2) is 24.5 Å². The van der Waals surface area contributed by atoms with Crippen LogP contribution < -0.4 is 4.90 Å². The van der Waals surface area contributed by atoms with Crippen LogP contribution in [0.3, 0.4) is 0 Å². The minimum atomic E-state index is 0.585. The molecular weight excluding hydrogens is 251 g/mol. The van der Waals surface area contributed by atoms with Gasteiger partial charge in [-0.25, -0.2) is 0 Å². The Balaban J connectivity index is 2.30. The number of halogens is 2. The van der Waals surface area contributed by atoms with Gasteiger partial charge in [0.05, 0.1) is 16.6 Å². The lowest BCUT2D eigenvalue weighted by Crippen LogP contribution is -2.24. The molecule has 2 nitrogen and oxygen atoms in total. The van der Waals surface area contributed by atoms with E-state index in [4.69, 9.17) is 23.2 Å². The van der Waals surface area contributed by atoms with E-state index in [2.05, 4.69) is 9.89 Å². The van der Waals surface area contributed by atoms with Gasteiger partial charge in [-0.05, 0) is 24.5 Å². The van der Waals surface area contributed by atoms with Gasteiger partial charge in [0.2, 0.25) is 0 Å². The minimum absolute atomic E-state index is 0.585. The summed E-state index contributed by atoms with van der Waals surface area (Å²) in [6.07, 6.45) is 2.02. The lowest BCUT2D eigenvalue weighted by atomic mass is 10.3. The summed E-state index contributed by atoms with van der Waals surface area (Å²) < 4.78 is 0. The third-order valence-electron chi connectivity index (χ3n) is 2.20. The summed E-state index contributed by atoms with van der Waals surface area (Å²) in [5.74, 6) is 0. The first-order valence-corrected chi connectivity index (χ1v) is 6.51. The van der Waals surface area contributed by atoms with E-state index < -0.39 is 0 Å². The summed E-state index contributed by atoms with van der Waals surface area (Å²) in [4.78, 5) is 6.54. The Labute approximate surface area is 103 Å². The lowest BCUT2D eigenvalue weighted by Gasteiger charge is -2.19. The number of rotatable bonds is 1. The van der Waals surface area contributed by atoms with Crippen molar-refractivity contribution in [1.82, 2.24) is 0 Å². The molecule has 0 N–H and O–H groups in total. The van der Waals surface area contributed by atoms with Crippen LogP contribution in [0.2, 0.25) is 10.0 Å². The van der Waals surface area contributed by atoms with Crippen molar-refractivity contribution in [3.05, 3.63) is 28.2 Å². The smallest absolute Gasteiger partial charge is 0.163 e. The molecule has 0 aromatic heterocycles. The number of hydrogen-bond donors (Lipinski definition) is 0. The van der Waals surface area contributed by atoms with Gasteiger partial charge in [0.1, 0.15) is 0 Å². The van der Waals surface area contributed by atoms with Gasteiger partial charge in [0, 0.05) is 12.2 Å². The number of amidine groups is 1. The summed E-state index contributed by atoms with van der Waals surface area (Å²) in [5.41, 5.74) is 1.05. The third-order valence-corrected chi connectivity index (χ3v) is 3.65. The molecule has 2 rings (SSSR count). The van der Waals surface area contributed by atoms with Gasteiger partial charge < -0.3 is 4.90 Å². The predicted molar refractivity (Wildman–Crippen MR) is 69.6 cm³/mol.